The highest BCUT2D eigenvalue weighted by molar-refractivity contribution is 7.20. The van der Waals surface area contributed by atoms with Crippen molar-refractivity contribution in [3.8, 4) is 0 Å². The SMILES string of the molecule is Clc1cccc(Nc2nn3c(Cn4ccc5ncccc54)nnc3s2)c1. The van der Waals surface area contributed by atoms with Crippen LogP contribution in [0.2, 0.25) is 5.02 Å². The van der Waals surface area contributed by atoms with Crippen LogP contribution in [0.15, 0.2) is 54.9 Å². The number of hydrogen-bond acceptors (Lipinski definition) is 6. The molecule has 0 aliphatic rings. The fraction of sp³-hybridized carbons (Fsp3) is 0.0588. The second-order valence-electron chi connectivity index (χ2n) is 5.70. The summed E-state index contributed by atoms with van der Waals surface area (Å²) in [4.78, 5) is 5.09. The Morgan fingerprint density at radius 3 is 3.00 bits per heavy atom. The average Bonchev–Trinajstić information content (AvgIpc) is 3.31. The lowest BCUT2D eigenvalue weighted by molar-refractivity contribution is 0.732. The van der Waals surface area contributed by atoms with Crippen LogP contribution in [-0.2, 0) is 6.54 Å². The Morgan fingerprint density at radius 2 is 2.08 bits per heavy atom. The van der Waals surface area contributed by atoms with Gasteiger partial charge in [-0.15, -0.1) is 15.3 Å². The van der Waals surface area contributed by atoms with Gasteiger partial charge in [0, 0.05) is 23.1 Å². The number of pyridine rings is 1. The van der Waals surface area contributed by atoms with Gasteiger partial charge in [-0.1, -0.05) is 29.0 Å². The fourth-order valence-electron chi connectivity index (χ4n) is 2.81. The van der Waals surface area contributed by atoms with Crippen LogP contribution in [0.25, 0.3) is 16.0 Å². The van der Waals surface area contributed by atoms with Crippen LogP contribution in [0.1, 0.15) is 5.82 Å². The van der Waals surface area contributed by atoms with E-state index in [-0.39, 0.29) is 0 Å². The molecule has 4 aromatic heterocycles. The van der Waals surface area contributed by atoms with Gasteiger partial charge in [0.1, 0.15) is 0 Å². The molecule has 0 atom stereocenters. The maximum Gasteiger partial charge on any atom is 0.236 e. The van der Waals surface area contributed by atoms with Gasteiger partial charge in [0.15, 0.2) is 5.82 Å². The van der Waals surface area contributed by atoms with Gasteiger partial charge in [-0.05, 0) is 36.4 Å². The van der Waals surface area contributed by atoms with E-state index in [0.717, 1.165) is 32.6 Å². The molecular weight excluding hydrogens is 370 g/mol. The van der Waals surface area contributed by atoms with Gasteiger partial charge in [0.2, 0.25) is 10.1 Å². The molecule has 0 fully saturated rings. The van der Waals surface area contributed by atoms with Crippen LogP contribution in [0.5, 0.6) is 0 Å². The van der Waals surface area contributed by atoms with Crippen LogP contribution in [0.3, 0.4) is 0 Å². The summed E-state index contributed by atoms with van der Waals surface area (Å²) >= 11 is 7.47. The third kappa shape index (κ3) is 2.69. The Morgan fingerprint density at radius 1 is 1.12 bits per heavy atom. The first-order valence-corrected chi connectivity index (χ1v) is 9.09. The molecule has 5 rings (SSSR count). The number of aromatic nitrogens is 6. The summed E-state index contributed by atoms with van der Waals surface area (Å²) in [6.07, 6.45) is 3.78. The number of hydrogen-bond donors (Lipinski definition) is 1. The summed E-state index contributed by atoms with van der Waals surface area (Å²) in [5.41, 5.74) is 2.89. The molecule has 0 radical (unpaired) electrons. The molecule has 5 aromatic rings. The summed E-state index contributed by atoms with van der Waals surface area (Å²) in [7, 11) is 0. The molecule has 0 aliphatic carbocycles. The minimum absolute atomic E-state index is 0.566. The number of rotatable bonds is 4. The third-order valence-corrected chi connectivity index (χ3v) is 5.03. The van der Waals surface area contributed by atoms with Crippen LogP contribution in [-0.4, -0.2) is 29.4 Å². The molecule has 9 heteroatoms. The number of nitrogens with one attached hydrogen (secondary N) is 1. The highest BCUT2D eigenvalue weighted by atomic mass is 35.5. The van der Waals surface area contributed by atoms with Gasteiger partial charge in [0.05, 0.1) is 17.6 Å². The van der Waals surface area contributed by atoms with E-state index < -0.39 is 0 Å². The maximum absolute atomic E-state index is 6.03. The monoisotopic (exact) mass is 381 g/mol. The lowest BCUT2D eigenvalue weighted by Gasteiger charge is -2.03. The van der Waals surface area contributed by atoms with Crippen LogP contribution in [0, 0.1) is 0 Å². The minimum Gasteiger partial charge on any atom is -0.338 e. The van der Waals surface area contributed by atoms with E-state index in [1.807, 2.05) is 48.7 Å². The van der Waals surface area contributed by atoms with Crippen molar-refractivity contribution >= 4 is 49.8 Å². The van der Waals surface area contributed by atoms with Gasteiger partial charge in [-0.2, -0.15) is 4.52 Å². The third-order valence-electron chi connectivity index (χ3n) is 3.98. The van der Waals surface area contributed by atoms with Gasteiger partial charge < -0.3 is 9.88 Å². The smallest absolute Gasteiger partial charge is 0.236 e. The Hall–Kier alpha value is -2.97. The van der Waals surface area contributed by atoms with E-state index in [4.69, 9.17) is 11.6 Å². The Bertz CT molecular complexity index is 1220. The average molecular weight is 382 g/mol. The quantitative estimate of drug-likeness (QED) is 0.509. The summed E-state index contributed by atoms with van der Waals surface area (Å²) in [6, 6.07) is 13.5. The van der Waals surface area contributed by atoms with Gasteiger partial charge in [-0.25, -0.2) is 0 Å². The van der Waals surface area contributed by atoms with E-state index >= 15 is 0 Å². The second-order valence-corrected chi connectivity index (χ2v) is 7.10. The molecule has 4 heterocycles. The molecule has 0 saturated carbocycles. The number of anilines is 2. The second kappa shape index (κ2) is 6.08. The van der Waals surface area contributed by atoms with Crippen LogP contribution < -0.4 is 5.32 Å². The molecule has 1 N–H and O–H groups in total. The Kier molecular flexibility index (Phi) is 3.58. The first-order valence-electron chi connectivity index (χ1n) is 7.90. The largest absolute Gasteiger partial charge is 0.338 e. The molecular formula is C17H12ClN7S. The first-order chi connectivity index (χ1) is 12.8. The minimum atomic E-state index is 0.566. The Balaban J connectivity index is 1.46. The zero-order chi connectivity index (χ0) is 17.5. The van der Waals surface area contributed by atoms with Crippen molar-refractivity contribution in [1.82, 2.24) is 29.4 Å². The molecule has 0 spiro atoms. The lowest BCUT2D eigenvalue weighted by atomic mass is 10.3. The zero-order valence-corrected chi connectivity index (χ0v) is 14.9. The van der Waals surface area contributed by atoms with E-state index in [9.17, 15) is 0 Å². The van der Waals surface area contributed by atoms with Crippen molar-refractivity contribution in [2.75, 3.05) is 5.32 Å². The van der Waals surface area contributed by atoms with Crippen molar-refractivity contribution in [3.63, 3.8) is 0 Å². The van der Waals surface area contributed by atoms with E-state index in [1.54, 1.807) is 10.7 Å². The number of benzene rings is 1. The van der Waals surface area contributed by atoms with Crippen LogP contribution >= 0.6 is 22.9 Å². The summed E-state index contributed by atoms with van der Waals surface area (Å²) in [6.45, 7) is 0.566. The predicted molar refractivity (Wildman–Crippen MR) is 102 cm³/mol. The van der Waals surface area contributed by atoms with E-state index in [0.29, 0.717) is 11.6 Å². The van der Waals surface area contributed by atoms with Crippen molar-refractivity contribution in [3.05, 3.63) is 65.7 Å². The summed E-state index contributed by atoms with van der Waals surface area (Å²) < 4.78 is 3.85. The molecule has 7 nitrogen and oxygen atoms in total. The number of nitrogens with zero attached hydrogens (tertiary/aromatic N) is 6. The van der Waals surface area contributed by atoms with Gasteiger partial charge >= 0.3 is 0 Å². The van der Waals surface area contributed by atoms with Gasteiger partial charge in [0.25, 0.3) is 0 Å². The van der Waals surface area contributed by atoms with Crippen LogP contribution in [0.4, 0.5) is 10.8 Å². The molecule has 128 valence electrons. The molecule has 0 saturated heterocycles. The van der Waals surface area contributed by atoms with E-state index in [1.165, 1.54) is 11.3 Å². The van der Waals surface area contributed by atoms with Gasteiger partial charge in [-0.3, -0.25) is 4.98 Å². The zero-order valence-electron chi connectivity index (χ0n) is 13.4. The molecule has 26 heavy (non-hydrogen) atoms. The maximum atomic E-state index is 6.03. The topological polar surface area (TPSA) is 72.9 Å². The highest BCUT2D eigenvalue weighted by Gasteiger charge is 2.13. The summed E-state index contributed by atoms with van der Waals surface area (Å²) in [5, 5.41) is 17.7. The predicted octanol–water partition coefficient (Wildman–Crippen LogP) is 3.98. The van der Waals surface area contributed by atoms with Crippen molar-refractivity contribution in [1.29, 1.82) is 0 Å². The standard InChI is InChI=1S/C17H12ClN7S/c18-11-3-1-4-12(9-11)20-16-23-25-15(21-22-17(25)26-16)10-24-8-6-13-14(24)5-2-7-19-13/h1-9H,10H2,(H,20,23). The highest BCUT2D eigenvalue weighted by Crippen LogP contribution is 2.25. The van der Waals surface area contributed by atoms with Crippen molar-refractivity contribution in [2.45, 2.75) is 6.54 Å². The molecule has 0 bridgehead atoms. The molecule has 1 aromatic carbocycles. The lowest BCUT2D eigenvalue weighted by Crippen LogP contribution is -2.04. The number of fused-ring (bicyclic) bond motifs is 2. The first kappa shape index (κ1) is 15.3. The van der Waals surface area contributed by atoms with Crippen molar-refractivity contribution in [2.24, 2.45) is 0 Å². The van der Waals surface area contributed by atoms with E-state index in [2.05, 4.69) is 30.2 Å². The molecule has 0 unspecified atom stereocenters. The molecule has 0 amide bonds. The molecule has 0 aliphatic heterocycles. The summed E-state index contributed by atoms with van der Waals surface area (Å²) in [5.74, 6) is 0.761. The number of halogens is 1. The van der Waals surface area contributed by atoms with Crippen molar-refractivity contribution < 1.29 is 0 Å². The Labute approximate surface area is 156 Å². The normalized spacial score (nSPS) is 11.4. The fourth-order valence-corrected chi connectivity index (χ4v) is 3.78.